The molecular formula is C20H22N2O2. The molecule has 4 nitrogen and oxygen atoms in total. The fourth-order valence-electron chi connectivity index (χ4n) is 2.19. The summed E-state index contributed by atoms with van der Waals surface area (Å²) in [5.74, 6) is 0. The summed E-state index contributed by atoms with van der Waals surface area (Å²) in [6.07, 6.45) is 4.46. The van der Waals surface area contributed by atoms with E-state index in [1.54, 1.807) is 0 Å². The Morgan fingerprint density at radius 2 is 1.29 bits per heavy atom. The van der Waals surface area contributed by atoms with Crippen LogP contribution in [0, 0.1) is 13.8 Å². The van der Waals surface area contributed by atoms with E-state index < -0.39 is 0 Å². The summed E-state index contributed by atoms with van der Waals surface area (Å²) < 4.78 is 0. The lowest BCUT2D eigenvalue weighted by molar-refractivity contribution is -0.108. The van der Waals surface area contributed by atoms with Crippen molar-refractivity contribution in [2.45, 2.75) is 13.8 Å². The number of nitrogens with one attached hydrogen (secondary N) is 2. The van der Waals surface area contributed by atoms with Gasteiger partial charge in [-0.15, -0.1) is 0 Å². The molecule has 2 aromatic carbocycles. The smallest absolute Gasteiger partial charge is 0.211 e. The van der Waals surface area contributed by atoms with Crippen molar-refractivity contribution in [3.63, 3.8) is 0 Å². The van der Waals surface area contributed by atoms with E-state index in [2.05, 4.69) is 10.8 Å². The maximum Gasteiger partial charge on any atom is 0.211 e. The van der Waals surface area contributed by atoms with Crippen molar-refractivity contribution in [1.82, 2.24) is 10.8 Å². The second kappa shape index (κ2) is 8.70. The minimum absolute atomic E-state index is 0.622. The van der Waals surface area contributed by atoms with Crippen molar-refractivity contribution >= 4 is 18.6 Å². The van der Waals surface area contributed by atoms with Crippen LogP contribution in [0.2, 0.25) is 0 Å². The van der Waals surface area contributed by atoms with Crippen molar-refractivity contribution in [3.8, 4) is 0 Å². The molecule has 2 aromatic rings. The monoisotopic (exact) mass is 322 g/mol. The van der Waals surface area contributed by atoms with Crippen molar-refractivity contribution in [2.24, 2.45) is 0 Å². The fourth-order valence-corrected chi connectivity index (χ4v) is 2.19. The van der Waals surface area contributed by atoms with E-state index in [0.717, 1.165) is 11.1 Å². The predicted molar refractivity (Wildman–Crippen MR) is 97.7 cm³/mol. The van der Waals surface area contributed by atoms with E-state index in [9.17, 15) is 4.79 Å². The first-order valence-electron chi connectivity index (χ1n) is 7.68. The molecule has 0 aliphatic heterocycles. The zero-order valence-electron chi connectivity index (χ0n) is 14.2. The Kier molecular flexibility index (Phi) is 6.34. The molecule has 0 aliphatic rings. The normalized spacial score (nSPS) is 12.0. The number of carbonyl (C=O) groups is 1. The lowest BCUT2D eigenvalue weighted by Crippen LogP contribution is -2.21. The molecule has 1 amide bonds. The predicted octanol–water partition coefficient (Wildman–Crippen LogP) is 3.58. The lowest BCUT2D eigenvalue weighted by Gasteiger charge is -2.13. The lowest BCUT2D eigenvalue weighted by atomic mass is 10.1. The SMILES string of the molecule is CONC(=C\c1ccc(C)cc1)/C(=C/c1ccc(C)cc1)NC=O. The van der Waals surface area contributed by atoms with Crippen molar-refractivity contribution in [1.29, 1.82) is 0 Å². The van der Waals surface area contributed by atoms with Gasteiger partial charge in [0.15, 0.2) is 0 Å². The molecule has 0 saturated carbocycles. The molecule has 124 valence electrons. The zero-order valence-corrected chi connectivity index (χ0v) is 14.2. The Balaban J connectivity index is 2.40. The van der Waals surface area contributed by atoms with Crippen LogP contribution < -0.4 is 10.8 Å². The Hall–Kier alpha value is -2.85. The number of hydroxylamine groups is 1. The largest absolute Gasteiger partial charge is 0.327 e. The van der Waals surface area contributed by atoms with Gasteiger partial charge in [-0.2, -0.15) is 0 Å². The van der Waals surface area contributed by atoms with Crippen LogP contribution in [-0.2, 0) is 9.63 Å². The van der Waals surface area contributed by atoms with Crippen LogP contribution in [0.3, 0.4) is 0 Å². The summed E-state index contributed by atoms with van der Waals surface area (Å²) in [5.41, 5.74) is 8.48. The average molecular weight is 322 g/mol. The second-order valence-electron chi connectivity index (χ2n) is 5.51. The van der Waals surface area contributed by atoms with Crippen LogP contribution in [-0.4, -0.2) is 13.5 Å². The molecule has 0 atom stereocenters. The molecule has 0 unspecified atom stereocenters. The van der Waals surface area contributed by atoms with Gasteiger partial charge in [-0.05, 0) is 37.1 Å². The summed E-state index contributed by atoms with van der Waals surface area (Å²) in [7, 11) is 1.54. The summed E-state index contributed by atoms with van der Waals surface area (Å²) in [4.78, 5) is 16.1. The van der Waals surface area contributed by atoms with Gasteiger partial charge in [0.2, 0.25) is 6.41 Å². The van der Waals surface area contributed by atoms with Gasteiger partial charge in [0.05, 0.1) is 18.5 Å². The van der Waals surface area contributed by atoms with Gasteiger partial charge < -0.3 is 5.32 Å². The molecule has 0 spiro atoms. The standard InChI is InChI=1S/C20H22N2O2/c1-15-4-8-17(9-5-15)12-19(21-14-23)20(22-24-3)13-18-10-6-16(2)7-11-18/h4-14,22H,1-3H3,(H,21,23)/b19-12-,20-13-. The maximum atomic E-state index is 11.0. The molecule has 0 bridgehead atoms. The van der Waals surface area contributed by atoms with Gasteiger partial charge in [-0.3, -0.25) is 15.1 Å². The minimum atomic E-state index is 0.622. The van der Waals surface area contributed by atoms with E-state index in [4.69, 9.17) is 4.84 Å². The summed E-state index contributed by atoms with van der Waals surface area (Å²) >= 11 is 0. The van der Waals surface area contributed by atoms with Gasteiger partial charge in [-0.1, -0.05) is 59.7 Å². The molecule has 2 N–H and O–H groups in total. The van der Waals surface area contributed by atoms with Crippen LogP contribution in [0.5, 0.6) is 0 Å². The molecule has 0 aliphatic carbocycles. The fraction of sp³-hybridized carbons (Fsp3) is 0.150. The second-order valence-corrected chi connectivity index (χ2v) is 5.51. The van der Waals surface area contributed by atoms with Crippen LogP contribution in [0.1, 0.15) is 22.3 Å². The topological polar surface area (TPSA) is 50.4 Å². The van der Waals surface area contributed by atoms with Gasteiger partial charge >= 0.3 is 0 Å². The van der Waals surface area contributed by atoms with E-state index in [-0.39, 0.29) is 0 Å². The molecular weight excluding hydrogens is 300 g/mol. The van der Waals surface area contributed by atoms with E-state index in [1.165, 1.54) is 18.2 Å². The first-order valence-corrected chi connectivity index (χ1v) is 7.68. The highest BCUT2D eigenvalue weighted by Crippen LogP contribution is 2.15. The number of rotatable bonds is 7. The third-order valence-electron chi connectivity index (χ3n) is 3.49. The highest BCUT2D eigenvalue weighted by Gasteiger charge is 2.06. The highest BCUT2D eigenvalue weighted by molar-refractivity contribution is 5.69. The number of aryl methyl sites for hydroxylation is 2. The number of amides is 1. The Morgan fingerprint density at radius 3 is 1.71 bits per heavy atom. The zero-order chi connectivity index (χ0) is 17.4. The van der Waals surface area contributed by atoms with Crippen molar-refractivity contribution in [3.05, 3.63) is 82.2 Å². The van der Waals surface area contributed by atoms with Gasteiger partial charge in [0.1, 0.15) is 0 Å². The third kappa shape index (κ3) is 5.11. The highest BCUT2D eigenvalue weighted by atomic mass is 16.6. The minimum Gasteiger partial charge on any atom is -0.327 e. The van der Waals surface area contributed by atoms with E-state index in [1.807, 2.05) is 74.5 Å². The molecule has 2 rings (SSSR count). The van der Waals surface area contributed by atoms with Crippen LogP contribution in [0.15, 0.2) is 59.9 Å². The Bertz CT molecular complexity index is 729. The van der Waals surface area contributed by atoms with Crippen molar-refractivity contribution in [2.75, 3.05) is 7.11 Å². The van der Waals surface area contributed by atoms with Gasteiger partial charge in [0, 0.05) is 0 Å². The van der Waals surface area contributed by atoms with E-state index in [0.29, 0.717) is 17.8 Å². The van der Waals surface area contributed by atoms with Crippen LogP contribution in [0.25, 0.3) is 12.2 Å². The van der Waals surface area contributed by atoms with Crippen molar-refractivity contribution < 1.29 is 9.63 Å². The number of hydrogen-bond donors (Lipinski definition) is 2. The number of benzene rings is 2. The Morgan fingerprint density at radius 1 is 0.833 bits per heavy atom. The summed E-state index contributed by atoms with van der Waals surface area (Å²) in [6, 6.07) is 16.1. The summed E-state index contributed by atoms with van der Waals surface area (Å²) in [6.45, 7) is 4.08. The molecule has 4 heteroatoms. The third-order valence-corrected chi connectivity index (χ3v) is 3.49. The van der Waals surface area contributed by atoms with Gasteiger partial charge in [0.25, 0.3) is 0 Å². The van der Waals surface area contributed by atoms with Gasteiger partial charge in [-0.25, -0.2) is 0 Å². The number of hydrogen-bond acceptors (Lipinski definition) is 3. The van der Waals surface area contributed by atoms with E-state index >= 15 is 0 Å². The quantitative estimate of drug-likeness (QED) is 0.465. The number of carbonyl (C=O) groups excluding carboxylic acids is 1. The molecule has 0 radical (unpaired) electrons. The molecule has 0 fully saturated rings. The molecule has 0 aromatic heterocycles. The first kappa shape index (κ1) is 17.5. The van der Waals surface area contributed by atoms with Crippen LogP contribution in [0.4, 0.5) is 0 Å². The first-order chi connectivity index (χ1) is 11.6. The maximum absolute atomic E-state index is 11.0. The molecule has 24 heavy (non-hydrogen) atoms. The average Bonchev–Trinajstić information content (AvgIpc) is 2.58. The summed E-state index contributed by atoms with van der Waals surface area (Å²) in [5, 5.41) is 2.73. The Labute approximate surface area is 142 Å². The van der Waals surface area contributed by atoms with Crippen LogP contribution >= 0.6 is 0 Å². The molecule has 0 saturated heterocycles. The molecule has 0 heterocycles.